The molecule has 0 bridgehead atoms. The maximum atomic E-state index is 11.0. The Morgan fingerprint density at radius 3 is 2.36 bits per heavy atom. The summed E-state index contributed by atoms with van der Waals surface area (Å²) in [6, 6.07) is 33.9. The molecule has 1 N–H and O–H groups in total. The first kappa shape index (κ1) is 41.0. The molecule has 0 amide bonds. The zero-order valence-corrected chi connectivity index (χ0v) is 35.7. The molecule has 0 saturated carbocycles. The van der Waals surface area contributed by atoms with Crippen molar-refractivity contribution in [2.75, 3.05) is 0 Å². The lowest BCUT2D eigenvalue weighted by molar-refractivity contribution is 0.473. The summed E-state index contributed by atoms with van der Waals surface area (Å²) >= 11 is 0. The van der Waals surface area contributed by atoms with Crippen LogP contribution in [0.1, 0.15) is 107 Å². The number of aromatic nitrogens is 1. The normalized spacial score (nSPS) is 16.0. The quantitative estimate of drug-likeness (QED) is 0.0868. The number of aliphatic imine (C=N–C) groups is 1. The minimum absolute atomic E-state index is 0.177. The summed E-state index contributed by atoms with van der Waals surface area (Å²) in [7, 11) is 0. The number of allylic oxidation sites excluding steroid dienone is 12. The van der Waals surface area contributed by atoms with Crippen molar-refractivity contribution in [2.24, 2.45) is 4.99 Å². The van der Waals surface area contributed by atoms with E-state index in [1.54, 1.807) is 6.07 Å². The summed E-state index contributed by atoms with van der Waals surface area (Å²) in [6.45, 7) is 18.0. The van der Waals surface area contributed by atoms with E-state index in [2.05, 4.69) is 180 Å². The van der Waals surface area contributed by atoms with Crippen molar-refractivity contribution < 1.29 is 5.11 Å². The van der Waals surface area contributed by atoms with Gasteiger partial charge in [0.25, 0.3) is 0 Å². The summed E-state index contributed by atoms with van der Waals surface area (Å²) in [5.41, 5.74) is 14.1. The van der Waals surface area contributed by atoms with Crippen LogP contribution in [-0.2, 0) is 6.42 Å². The van der Waals surface area contributed by atoms with E-state index in [0.29, 0.717) is 6.42 Å². The Kier molecular flexibility index (Phi) is 12.9. The molecule has 59 heavy (non-hydrogen) atoms. The van der Waals surface area contributed by atoms with E-state index in [-0.39, 0.29) is 17.6 Å². The van der Waals surface area contributed by atoms with Crippen molar-refractivity contribution >= 4 is 55.8 Å². The van der Waals surface area contributed by atoms with E-state index in [1.807, 2.05) is 18.2 Å². The minimum Gasteiger partial charge on any atom is -0.507 e. The molecule has 1 aliphatic rings. The third-order valence-corrected chi connectivity index (χ3v) is 11.9. The highest BCUT2D eigenvalue weighted by atomic mass is 16.3. The number of rotatable bonds is 14. The highest BCUT2D eigenvalue weighted by Gasteiger charge is 2.29. The molecular weight excluding hydrogens is 717 g/mol. The van der Waals surface area contributed by atoms with Crippen LogP contribution in [0.3, 0.4) is 0 Å². The van der Waals surface area contributed by atoms with Crippen LogP contribution in [0, 0.1) is 0 Å². The fourth-order valence-corrected chi connectivity index (χ4v) is 9.00. The van der Waals surface area contributed by atoms with Gasteiger partial charge in [-0.05, 0) is 139 Å². The van der Waals surface area contributed by atoms with E-state index in [4.69, 9.17) is 4.99 Å². The zero-order valence-electron chi connectivity index (χ0n) is 35.7. The Balaban J connectivity index is 1.35. The molecule has 7 rings (SSSR count). The van der Waals surface area contributed by atoms with E-state index in [1.165, 1.54) is 71.6 Å². The third kappa shape index (κ3) is 8.39. The summed E-state index contributed by atoms with van der Waals surface area (Å²) in [4.78, 5) is 5.11. The van der Waals surface area contributed by atoms with Crippen LogP contribution in [0.15, 0.2) is 168 Å². The Labute approximate surface area is 351 Å². The number of phenolic OH excluding ortho intramolecular Hbond substituents is 1. The van der Waals surface area contributed by atoms with Crippen molar-refractivity contribution in [1.29, 1.82) is 0 Å². The van der Waals surface area contributed by atoms with Crippen LogP contribution in [-0.4, -0.2) is 15.9 Å². The van der Waals surface area contributed by atoms with Crippen molar-refractivity contribution in [2.45, 2.75) is 85.5 Å². The minimum atomic E-state index is 0.177. The first-order valence-electron chi connectivity index (χ1n) is 21.4. The van der Waals surface area contributed by atoms with E-state index in [9.17, 15) is 5.11 Å². The summed E-state index contributed by atoms with van der Waals surface area (Å²) in [5, 5.41) is 15.9. The second-order valence-corrected chi connectivity index (χ2v) is 15.7. The molecule has 2 heterocycles. The number of benzene rings is 5. The molecule has 298 valence electrons. The predicted molar refractivity (Wildman–Crippen MR) is 257 cm³/mol. The van der Waals surface area contributed by atoms with Gasteiger partial charge < -0.3 is 9.67 Å². The largest absolute Gasteiger partial charge is 0.507 e. The average molecular weight is 775 g/mol. The van der Waals surface area contributed by atoms with Crippen LogP contribution >= 0.6 is 0 Å². The van der Waals surface area contributed by atoms with Crippen molar-refractivity contribution in [3.05, 3.63) is 191 Å². The molecule has 0 radical (unpaired) electrons. The SMILES string of the molecule is C=C1C=CC(C)c2c(C(CC)CCC=N/C(=C\Cc3ccc4ccccc4c3)c3ccccc3O)c(C(/C=C\C)=C(C)/C(/C=C\C)=C/CC)cc3c4ccccc4n1c23. The number of hydrogen-bond acceptors (Lipinski definition) is 2. The monoisotopic (exact) mass is 774 g/mol. The van der Waals surface area contributed by atoms with Gasteiger partial charge >= 0.3 is 0 Å². The molecule has 1 aliphatic heterocycles. The van der Waals surface area contributed by atoms with E-state index in [0.717, 1.165) is 42.6 Å². The van der Waals surface area contributed by atoms with Gasteiger partial charge in [0.05, 0.1) is 16.7 Å². The van der Waals surface area contributed by atoms with Gasteiger partial charge in [-0.1, -0.05) is 143 Å². The van der Waals surface area contributed by atoms with Gasteiger partial charge in [0.1, 0.15) is 5.75 Å². The number of para-hydroxylation sites is 2. The number of phenols is 1. The number of nitrogens with zero attached hydrogens (tertiary/aromatic N) is 2. The average Bonchev–Trinajstić information content (AvgIpc) is 3.52. The molecule has 0 saturated heterocycles. The fourth-order valence-electron chi connectivity index (χ4n) is 9.00. The molecule has 0 fully saturated rings. The number of aromatic hydroxyl groups is 1. The van der Waals surface area contributed by atoms with Crippen molar-refractivity contribution in [3.63, 3.8) is 0 Å². The summed E-state index contributed by atoms with van der Waals surface area (Å²) < 4.78 is 2.40. The van der Waals surface area contributed by atoms with E-state index >= 15 is 0 Å². The van der Waals surface area contributed by atoms with E-state index < -0.39 is 0 Å². The van der Waals surface area contributed by atoms with Crippen molar-refractivity contribution in [3.8, 4) is 5.75 Å². The highest BCUT2D eigenvalue weighted by molar-refractivity contribution is 6.13. The molecule has 3 nitrogen and oxygen atoms in total. The molecule has 2 atom stereocenters. The van der Waals surface area contributed by atoms with Crippen LogP contribution in [0.2, 0.25) is 0 Å². The predicted octanol–water partition coefficient (Wildman–Crippen LogP) is 15.7. The first-order valence-corrected chi connectivity index (χ1v) is 21.4. The molecule has 2 unspecified atom stereocenters. The maximum Gasteiger partial charge on any atom is 0.124 e. The standard InChI is InChI=1S/C56H58N2O/c1-8-19-43(20-9-2)40(7)46(21-10-3)49-37-50-47-25-14-16-27-52(47)58-39(6)30-29-38(5)54(56(50)58)55(49)42(11-4)24-18-35-57-51(48-26-15-17-28-53(48)59)34-32-41-31-33-44-22-12-13-23-45(44)36-41/h8,10,12-17,19-23,25-31,33-38,42,59H,6,9,11,18,24,32H2,1-5,7H3/b19-8-,21-10-,43-20+,46-40+,51-34-,57-35?. The smallest absolute Gasteiger partial charge is 0.124 e. The number of fused-ring (bicyclic) bond motifs is 4. The second-order valence-electron chi connectivity index (χ2n) is 15.7. The van der Waals surface area contributed by atoms with Gasteiger partial charge in [-0.2, -0.15) is 0 Å². The van der Waals surface area contributed by atoms with Crippen LogP contribution in [0.5, 0.6) is 5.75 Å². The lowest BCUT2D eigenvalue weighted by atomic mass is 9.77. The maximum absolute atomic E-state index is 11.0. The molecule has 0 aliphatic carbocycles. The molecule has 6 aromatic rings. The number of hydrogen-bond donors (Lipinski definition) is 1. The fraction of sp³-hybridized carbons (Fsp3) is 0.232. The Hall–Kier alpha value is -6.19. The molecular formula is C56H58N2O. The van der Waals surface area contributed by atoms with Crippen molar-refractivity contribution in [1.82, 2.24) is 4.57 Å². The van der Waals surface area contributed by atoms with Gasteiger partial charge in [0, 0.05) is 34.2 Å². The topological polar surface area (TPSA) is 37.5 Å². The Bertz CT molecular complexity index is 2740. The first-order chi connectivity index (χ1) is 28.8. The summed E-state index contributed by atoms with van der Waals surface area (Å²) in [5.74, 6) is 0.672. The van der Waals surface area contributed by atoms with Gasteiger partial charge in [0.15, 0.2) is 0 Å². The van der Waals surface area contributed by atoms with Crippen LogP contribution in [0.4, 0.5) is 0 Å². The molecule has 1 aromatic heterocycles. The summed E-state index contributed by atoms with van der Waals surface area (Å²) in [6.07, 6.45) is 24.4. The molecule has 5 aromatic carbocycles. The molecule has 0 spiro atoms. The Morgan fingerprint density at radius 2 is 1.59 bits per heavy atom. The van der Waals surface area contributed by atoms with Crippen LogP contribution < -0.4 is 0 Å². The highest BCUT2D eigenvalue weighted by Crippen LogP contribution is 2.48. The lowest BCUT2D eigenvalue weighted by Crippen LogP contribution is -2.10. The lowest BCUT2D eigenvalue weighted by Gasteiger charge is -2.27. The van der Waals surface area contributed by atoms with Gasteiger partial charge in [0.2, 0.25) is 0 Å². The molecule has 3 heteroatoms. The van der Waals surface area contributed by atoms with Crippen LogP contribution in [0.25, 0.3) is 49.5 Å². The third-order valence-electron chi connectivity index (χ3n) is 11.9. The Morgan fingerprint density at radius 1 is 0.847 bits per heavy atom. The zero-order chi connectivity index (χ0) is 41.5. The van der Waals surface area contributed by atoms with Gasteiger partial charge in [-0.25, -0.2) is 0 Å². The van der Waals surface area contributed by atoms with Gasteiger partial charge in [-0.15, -0.1) is 0 Å². The second kappa shape index (κ2) is 18.6. The van der Waals surface area contributed by atoms with Gasteiger partial charge in [-0.3, -0.25) is 4.99 Å².